The molecule has 5 aromatic heterocycles. The Morgan fingerprint density at radius 2 is 1.90 bits per heavy atom. The molecule has 39 heavy (non-hydrogen) atoms. The molecule has 1 saturated carbocycles. The first kappa shape index (κ1) is 23.6. The molecule has 9 nitrogen and oxygen atoms in total. The van der Waals surface area contributed by atoms with E-state index in [1.807, 2.05) is 49.9 Å². The van der Waals surface area contributed by atoms with Crippen molar-refractivity contribution in [1.29, 1.82) is 5.26 Å². The smallest absolute Gasteiger partial charge is 0.128 e. The van der Waals surface area contributed by atoms with Crippen LogP contribution in [0, 0.1) is 23.2 Å². The highest BCUT2D eigenvalue weighted by molar-refractivity contribution is 5.87. The minimum atomic E-state index is -0.680. The molecule has 1 aliphatic heterocycles. The van der Waals surface area contributed by atoms with Crippen molar-refractivity contribution < 1.29 is 5.11 Å². The van der Waals surface area contributed by atoms with Crippen LogP contribution in [-0.4, -0.2) is 53.2 Å². The summed E-state index contributed by atoms with van der Waals surface area (Å²) in [5.74, 6) is 1.83. The highest BCUT2D eigenvalue weighted by atomic mass is 16.3. The summed E-state index contributed by atoms with van der Waals surface area (Å²) in [6, 6.07) is 16.3. The number of rotatable bonds is 5. The van der Waals surface area contributed by atoms with Crippen LogP contribution in [0.5, 0.6) is 0 Å². The third-order valence-corrected chi connectivity index (χ3v) is 8.22. The molecular formula is C30H28N8O. The summed E-state index contributed by atoms with van der Waals surface area (Å²) in [5.41, 5.74) is 5.12. The van der Waals surface area contributed by atoms with Crippen molar-refractivity contribution in [1.82, 2.24) is 29.4 Å². The maximum atomic E-state index is 11.3. The van der Waals surface area contributed by atoms with Gasteiger partial charge in [-0.2, -0.15) is 15.5 Å². The quantitative estimate of drug-likeness (QED) is 0.378. The second-order valence-electron chi connectivity index (χ2n) is 10.9. The van der Waals surface area contributed by atoms with E-state index >= 15 is 0 Å². The number of nitrogens with zero attached hydrogens (tertiary/aromatic N) is 8. The topological polar surface area (TPSA) is 108 Å². The van der Waals surface area contributed by atoms with E-state index in [1.54, 1.807) is 21.6 Å². The van der Waals surface area contributed by atoms with Crippen LogP contribution >= 0.6 is 0 Å². The van der Waals surface area contributed by atoms with Crippen LogP contribution in [0.25, 0.3) is 27.9 Å². The minimum absolute atomic E-state index is 0.444. The fraction of sp³-hybridized carbons (Fsp3) is 0.300. The van der Waals surface area contributed by atoms with E-state index in [4.69, 9.17) is 4.98 Å². The van der Waals surface area contributed by atoms with Gasteiger partial charge in [-0.05, 0) is 61.1 Å². The zero-order chi connectivity index (χ0) is 26.6. The summed E-state index contributed by atoms with van der Waals surface area (Å²) in [5, 5.41) is 30.0. The maximum absolute atomic E-state index is 11.3. The monoisotopic (exact) mass is 516 g/mol. The molecule has 0 amide bonds. The van der Waals surface area contributed by atoms with Crippen LogP contribution in [0.1, 0.15) is 24.1 Å². The van der Waals surface area contributed by atoms with Crippen LogP contribution in [0.4, 0.5) is 5.82 Å². The summed E-state index contributed by atoms with van der Waals surface area (Å²) in [4.78, 5) is 11.6. The SMILES string of the molecule is Cn1ccc(-c2cc(-c3ccc(N4C[C@@H]5C[C@@](O)(Cc6ccccn6)C[C@@H]5C4)nc3)c3c(C#N)cnn3c2)n1. The van der Waals surface area contributed by atoms with Crippen molar-refractivity contribution in [3.8, 4) is 28.5 Å². The molecule has 0 radical (unpaired) electrons. The lowest BCUT2D eigenvalue weighted by molar-refractivity contribution is 0.0396. The fourth-order valence-electron chi connectivity index (χ4n) is 6.50. The van der Waals surface area contributed by atoms with Gasteiger partial charge in [0, 0.05) is 73.7 Å². The fourth-order valence-corrected chi connectivity index (χ4v) is 6.50. The predicted octanol–water partition coefficient (Wildman–Crippen LogP) is 3.88. The molecule has 6 heterocycles. The van der Waals surface area contributed by atoms with Crippen LogP contribution in [0.2, 0.25) is 0 Å². The molecule has 1 aliphatic carbocycles. The van der Waals surface area contributed by atoms with Crippen LogP contribution in [0.3, 0.4) is 0 Å². The normalized spacial score (nSPS) is 22.3. The average Bonchev–Trinajstić information content (AvgIpc) is 3.71. The lowest BCUT2D eigenvalue weighted by Crippen LogP contribution is -2.32. The predicted molar refractivity (Wildman–Crippen MR) is 147 cm³/mol. The molecule has 5 aromatic rings. The molecule has 2 aliphatic rings. The van der Waals surface area contributed by atoms with E-state index < -0.39 is 5.60 Å². The molecule has 9 heteroatoms. The summed E-state index contributed by atoms with van der Waals surface area (Å²) < 4.78 is 3.52. The number of pyridine rings is 3. The minimum Gasteiger partial charge on any atom is -0.389 e. The number of hydrogen-bond acceptors (Lipinski definition) is 7. The molecule has 0 spiro atoms. The van der Waals surface area contributed by atoms with Gasteiger partial charge in [-0.3, -0.25) is 9.67 Å². The van der Waals surface area contributed by atoms with Crippen molar-refractivity contribution in [2.24, 2.45) is 18.9 Å². The van der Waals surface area contributed by atoms with Gasteiger partial charge in [-0.15, -0.1) is 0 Å². The molecule has 1 N–H and O–H groups in total. The Labute approximate surface area is 226 Å². The average molecular weight is 517 g/mol. The second-order valence-corrected chi connectivity index (χ2v) is 10.9. The van der Waals surface area contributed by atoms with Crippen molar-refractivity contribution >= 4 is 11.3 Å². The summed E-state index contributed by atoms with van der Waals surface area (Å²) in [7, 11) is 1.89. The van der Waals surface area contributed by atoms with Gasteiger partial charge in [0.15, 0.2) is 0 Å². The number of nitriles is 1. The highest BCUT2D eigenvalue weighted by Gasteiger charge is 2.48. The molecule has 2 fully saturated rings. The Morgan fingerprint density at radius 3 is 2.56 bits per heavy atom. The van der Waals surface area contributed by atoms with Crippen LogP contribution in [0.15, 0.2) is 73.4 Å². The van der Waals surface area contributed by atoms with E-state index in [2.05, 4.69) is 44.3 Å². The van der Waals surface area contributed by atoms with Gasteiger partial charge in [-0.25, -0.2) is 9.50 Å². The highest BCUT2D eigenvalue weighted by Crippen LogP contribution is 2.46. The summed E-state index contributed by atoms with van der Waals surface area (Å²) in [6.07, 6.45) is 11.3. The summed E-state index contributed by atoms with van der Waals surface area (Å²) >= 11 is 0. The molecular weight excluding hydrogens is 488 g/mol. The van der Waals surface area contributed by atoms with Gasteiger partial charge in [0.1, 0.15) is 11.9 Å². The van der Waals surface area contributed by atoms with E-state index in [1.165, 1.54) is 0 Å². The second kappa shape index (κ2) is 9.03. The Balaban J connectivity index is 1.13. The first-order chi connectivity index (χ1) is 19.0. The van der Waals surface area contributed by atoms with Gasteiger partial charge in [0.2, 0.25) is 0 Å². The number of anilines is 1. The van der Waals surface area contributed by atoms with Gasteiger partial charge in [0.05, 0.1) is 28.6 Å². The summed E-state index contributed by atoms with van der Waals surface area (Å²) in [6.45, 7) is 1.78. The van der Waals surface area contributed by atoms with Crippen molar-refractivity contribution in [2.75, 3.05) is 18.0 Å². The zero-order valence-corrected chi connectivity index (χ0v) is 21.6. The van der Waals surface area contributed by atoms with E-state index in [9.17, 15) is 10.4 Å². The van der Waals surface area contributed by atoms with Gasteiger partial charge >= 0.3 is 0 Å². The van der Waals surface area contributed by atoms with Gasteiger partial charge < -0.3 is 10.0 Å². The largest absolute Gasteiger partial charge is 0.389 e. The Morgan fingerprint density at radius 1 is 1.05 bits per heavy atom. The Bertz CT molecular complexity index is 1680. The Hall–Kier alpha value is -4.55. The zero-order valence-electron chi connectivity index (χ0n) is 21.6. The molecule has 1 saturated heterocycles. The van der Waals surface area contributed by atoms with E-state index in [-0.39, 0.29) is 0 Å². The third kappa shape index (κ3) is 4.23. The van der Waals surface area contributed by atoms with Gasteiger partial charge in [-0.1, -0.05) is 6.07 Å². The number of aromatic nitrogens is 6. The van der Waals surface area contributed by atoms with E-state index in [0.29, 0.717) is 23.8 Å². The number of fused-ring (bicyclic) bond motifs is 2. The van der Waals surface area contributed by atoms with Crippen molar-refractivity contribution in [3.63, 3.8) is 0 Å². The lowest BCUT2D eigenvalue weighted by Gasteiger charge is -2.26. The molecule has 3 atom stereocenters. The number of aliphatic hydroxyl groups is 1. The molecule has 0 bridgehead atoms. The van der Waals surface area contributed by atoms with Crippen LogP contribution in [-0.2, 0) is 13.5 Å². The third-order valence-electron chi connectivity index (χ3n) is 8.22. The number of hydrogen-bond donors (Lipinski definition) is 1. The molecule has 0 aromatic carbocycles. The lowest BCUT2D eigenvalue weighted by atomic mass is 9.93. The van der Waals surface area contributed by atoms with E-state index in [0.717, 1.165) is 65.3 Å². The standard InChI is InChI=1S/C30H28N8O/c1-36-9-7-27(35-36)21-10-26(29-24(14-31)16-34-38(29)19-21)20-5-6-28(33-15-20)37-17-22-11-30(39,12-23(22)18-37)13-25-4-2-3-8-32-25/h2-10,15-16,19,22-23,39H,11-13,17-18H2,1H3/t22-,23+,30-. The molecule has 194 valence electrons. The first-order valence-electron chi connectivity index (χ1n) is 13.2. The molecule has 0 unspecified atom stereocenters. The maximum Gasteiger partial charge on any atom is 0.128 e. The molecule has 7 rings (SSSR count). The Kier molecular flexibility index (Phi) is 5.46. The number of aryl methyl sites for hydroxylation is 1. The first-order valence-corrected chi connectivity index (χ1v) is 13.2. The van der Waals surface area contributed by atoms with Crippen molar-refractivity contribution in [2.45, 2.75) is 24.9 Å². The van der Waals surface area contributed by atoms with Crippen molar-refractivity contribution in [3.05, 3.63) is 84.7 Å². The van der Waals surface area contributed by atoms with Gasteiger partial charge in [0.25, 0.3) is 0 Å². The van der Waals surface area contributed by atoms with Crippen LogP contribution < -0.4 is 4.90 Å².